The van der Waals surface area contributed by atoms with E-state index in [-0.39, 0.29) is 32.7 Å². The first-order valence-corrected chi connectivity index (χ1v) is 12.9. The lowest BCUT2D eigenvalue weighted by atomic mass is 9.92. The van der Waals surface area contributed by atoms with Gasteiger partial charge in [0.1, 0.15) is 18.8 Å². The molecule has 9 nitrogen and oxygen atoms in total. The summed E-state index contributed by atoms with van der Waals surface area (Å²) < 4.78 is 10.3. The van der Waals surface area contributed by atoms with Gasteiger partial charge in [-0.3, -0.25) is 4.79 Å². The molecule has 0 spiro atoms. The Balaban J connectivity index is 1.96. The Kier molecular flexibility index (Phi) is 9.77. The predicted molar refractivity (Wildman–Crippen MR) is 140 cm³/mol. The number of nitrogens with one attached hydrogen (secondary N) is 1. The molecular weight excluding hydrogens is 488 g/mol. The van der Waals surface area contributed by atoms with E-state index >= 15 is 0 Å². The Morgan fingerprint density at radius 3 is 2.18 bits per heavy atom. The summed E-state index contributed by atoms with van der Waals surface area (Å²) in [6, 6.07) is 17.3. The summed E-state index contributed by atoms with van der Waals surface area (Å²) in [6.07, 6.45) is -0.689. The fourth-order valence-electron chi connectivity index (χ4n) is 4.64. The van der Waals surface area contributed by atoms with Crippen LogP contribution in [0.1, 0.15) is 44.7 Å². The molecule has 38 heavy (non-hydrogen) atoms. The molecule has 1 aliphatic heterocycles. The highest BCUT2D eigenvalue weighted by Crippen LogP contribution is 2.30. The van der Waals surface area contributed by atoms with E-state index < -0.39 is 52.4 Å². The maximum atomic E-state index is 14.3. The molecule has 3 rings (SSSR count). The molecule has 1 saturated heterocycles. The minimum Gasteiger partial charge on any atom is -0.481 e. The number of carbonyl (C=O) groups excluding carboxylic acids is 3. The van der Waals surface area contributed by atoms with E-state index in [1.54, 1.807) is 32.9 Å². The summed E-state index contributed by atoms with van der Waals surface area (Å²) in [5.74, 6) is -3.53. The number of hydrogen-bond acceptors (Lipinski definition) is 7. The Morgan fingerprint density at radius 1 is 1.00 bits per heavy atom. The molecule has 1 unspecified atom stereocenters. The topological polar surface area (TPSA) is 119 Å². The molecule has 2 N–H and O–H groups in total. The molecule has 1 aliphatic rings. The van der Waals surface area contributed by atoms with Crippen LogP contribution < -0.4 is 5.32 Å². The lowest BCUT2D eigenvalue weighted by Crippen LogP contribution is -2.74. The van der Waals surface area contributed by atoms with Crippen molar-refractivity contribution in [2.45, 2.75) is 58.3 Å². The molecule has 2 aromatic carbocycles. The zero-order valence-electron chi connectivity index (χ0n) is 22.2. The minimum atomic E-state index is -1.22. The number of aryl methyl sites for hydroxylation is 1. The summed E-state index contributed by atoms with van der Waals surface area (Å²) >= 11 is 0. The van der Waals surface area contributed by atoms with Gasteiger partial charge in [0.2, 0.25) is 6.04 Å². The molecule has 9 heteroatoms. The van der Waals surface area contributed by atoms with Crippen LogP contribution in [0.4, 0.5) is 4.79 Å². The molecular formula is C29H37N2O7+. The largest absolute Gasteiger partial charge is 0.524 e. The van der Waals surface area contributed by atoms with E-state index in [1.807, 2.05) is 48.5 Å². The third kappa shape index (κ3) is 7.49. The van der Waals surface area contributed by atoms with Crippen LogP contribution in [0, 0.1) is 5.92 Å². The van der Waals surface area contributed by atoms with Gasteiger partial charge in [-0.05, 0) is 44.7 Å². The highest BCUT2D eigenvalue weighted by atomic mass is 16.6. The van der Waals surface area contributed by atoms with Crippen molar-refractivity contribution in [2.75, 3.05) is 19.6 Å². The van der Waals surface area contributed by atoms with Gasteiger partial charge < -0.3 is 19.9 Å². The van der Waals surface area contributed by atoms with Crippen LogP contribution in [0.5, 0.6) is 0 Å². The summed E-state index contributed by atoms with van der Waals surface area (Å²) in [5, 5.41) is 12.7. The zero-order valence-corrected chi connectivity index (χ0v) is 22.2. The maximum absolute atomic E-state index is 14.3. The molecule has 2 aromatic rings. The first-order valence-electron chi connectivity index (χ1n) is 12.9. The van der Waals surface area contributed by atoms with E-state index in [0.717, 1.165) is 11.1 Å². The van der Waals surface area contributed by atoms with Gasteiger partial charge in [-0.1, -0.05) is 60.7 Å². The monoisotopic (exact) mass is 525 g/mol. The van der Waals surface area contributed by atoms with Crippen LogP contribution in [0.25, 0.3) is 0 Å². The number of nitrogens with zero attached hydrogens (tertiary/aromatic N) is 1. The number of carbonyl (C=O) groups is 4. The molecule has 0 saturated carbocycles. The van der Waals surface area contributed by atoms with Gasteiger partial charge >= 0.3 is 23.9 Å². The van der Waals surface area contributed by atoms with E-state index in [4.69, 9.17) is 9.47 Å². The van der Waals surface area contributed by atoms with Crippen molar-refractivity contribution in [1.29, 1.82) is 0 Å². The van der Waals surface area contributed by atoms with Crippen LogP contribution in [0.15, 0.2) is 60.7 Å². The molecule has 0 aliphatic carbocycles. The zero-order chi connectivity index (χ0) is 27.8. The number of aliphatic carboxylic acids is 1. The van der Waals surface area contributed by atoms with Gasteiger partial charge in [-0.15, -0.1) is 4.48 Å². The fourth-order valence-corrected chi connectivity index (χ4v) is 4.64. The number of quaternary nitrogens is 1. The second-order valence-corrected chi connectivity index (χ2v) is 10.5. The number of imide groups is 1. The summed E-state index contributed by atoms with van der Waals surface area (Å²) in [4.78, 5) is 53.3. The van der Waals surface area contributed by atoms with Gasteiger partial charge in [0.25, 0.3) is 0 Å². The Hall–Kier alpha value is -3.56. The van der Waals surface area contributed by atoms with Crippen LogP contribution in [0.3, 0.4) is 0 Å². The van der Waals surface area contributed by atoms with Crippen molar-refractivity contribution < 1.29 is 38.2 Å². The average molecular weight is 526 g/mol. The molecule has 3 atom stereocenters. The number of piperazine rings is 1. The number of carboxylic acid groups (broad SMARTS) is 1. The summed E-state index contributed by atoms with van der Waals surface area (Å²) in [5.41, 5.74) is 0.773. The molecule has 2 amide bonds. The predicted octanol–water partition coefficient (Wildman–Crippen LogP) is 3.70. The average Bonchev–Trinajstić information content (AvgIpc) is 2.89. The fraction of sp³-hybridized carbons (Fsp3) is 0.448. The SMILES string of the molecule is CC(C)(C)OC(=O)[N@+]1(C(=O)[C@H](CCc2ccccc2)CC(=O)O)CCNCC1C(=O)OCc1ccccc1. The molecule has 1 fully saturated rings. The highest BCUT2D eigenvalue weighted by Gasteiger charge is 2.60. The van der Waals surface area contributed by atoms with E-state index in [9.17, 15) is 24.3 Å². The quantitative estimate of drug-likeness (QED) is 0.376. The number of ether oxygens (including phenoxy) is 2. The van der Waals surface area contributed by atoms with E-state index in [1.165, 1.54) is 0 Å². The Bertz CT molecular complexity index is 1110. The van der Waals surface area contributed by atoms with Gasteiger partial charge in [-0.2, -0.15) is 4.79 Å². The summed E-state index contributed by atoms with van der Waals surface area (Å²) in [7, 11) is 0. The lowest BCUT2D eigenvalue weighted by molar-refractivity contribution is -0.806. The molecule has 0 aromatic heterocycles. The first kappa shape index (κ1) is 29.0. The maximum Gasteiger partial charge on any atom is 0.524 e. The second kappa shape index (κ2) is 12.8. The third-order valence-corrected chi connectivity index (χ3v) is 6.51. The first-order chi connectivity index (χ1) is 18.0. The lowest BCUT2D eigenvalue weighted by Gasteiger charge is -2.42. The molecule has 0 radical (unpaired) electrons. The van der Waals surface area contributed by atoms with Crippen molar-refractivity contribution in [2.24, 2.45) is 5.92 Å². The van der Waals surface area contributed by atoms with Gasteiger partial charge in [-0.25, -0.2) is 9.59 Å². The number of esters is 1. The molecule has 204 valence electrons. The second-order valence-electron chi connectivity index (χ2n) is 10.5. The van der Waals surface area contributed by atoms with Gasteiger partial charge in [0.05, 0.1) is 18.9 Å². The van der Waals surface area contributed by atoms with Gasteiger partial charge in [0.15, 0.2) is 0 Å². The van der Waals surface area contributed by atoms with Crippen LogP contribution in [-0.2, 0) is 36.9 Å². The van der Waals surface area contributed by atoms with E-state index in [2.05, 4.69) is 5.32 Å². The Labute approximate surface area is 223 Å². The van der Waals surface area contributed by atoms with Crippen molar-refractivity contribution in [3.63, 3.8) is 0 Å². The standard InChI is InChI=1S/C29H36N2O7/c1-29(2,3)38-28(36)31(26(34)23(18-25(32)33)15-14-21-10-6-4-7-11-21)17-16-30-19-24(31)27(35)37-20-22-12-8-5-9-13-22/h4-13,23-24,30H,14-20H2,1-3H3/p+1/t23-,24?,31-/m1/s1. The van der Waals surface area contributed by atoms with Crippen molar-refractivity contribution >= 4 is 23.9 Å². The third-order valence-electron chi connectivity index (χ3n) is 6.51. The number of hydrogen-bond donors (Lipinski definition) is 2. The minimum absolute atomic E-state index is 0.0110. The number of amides is 2. The van der Waals surface area contributed by atoms with Gasteiger partial charge in [0, 0.05) is 6.54 Å². The Morgan fingerprint density at radius 2 is 1.61 bits per heavy atom. The van der Waals surface area contributed by atoms with Crippen molar-refractivity contribution in [3.8, 4) is 0 Å². The van der Waals surface area contributed by atoms with Crippen LogP contribution >= 0.6 is 0 Å². The highest BCUT2D eigenvalue weighted by molar-refractivity contribution is 5.90. The number of carboxylic acids is 1. The number of benzene rings is 2. The smallest absolute Gasteiger partial charge is 0.481 e. The van der Waals surface area contributed by atoms with Crippen LogP contribution in [-0.4, -0.2) is 64.8 Å². The van der Waals surface area contributed by atoms with Crippen LogP contribution in [0.2, 0.25) is 0 Å². The summed E-state index contributed by atoms with van der Waals surface area (Å²) in [6.45, 7) is 5.25. The number of rotatable bonds is 9. The normalized spacial score (nSPS) is 20.2. The van der Waals surface area contributed by atoms with Crippen molar-refractivity contribution in [3.05, 3.63) is 71.8 Å². The van der Waals surface area contributed by atoms with Crippen molar-refractivity contribution in [1.82, 2.24) is 5.32 Å². The molecule has 0 bridgehead atoms. The van der Waals surface area contributed by atoms with E-state index in [0.29, 0.717) is 6.42 Å². The molecule has 1 heterocycles.